The number of aromatic nitrogens is 4. The molecule has 0 radical (unpaired) electrons. The average Bonchev–Trinajstić information content (AvgIpc) is 1.46. The molecule has 4 heterocycles. The summed E-state index contributed by atoms with van der Waals surface area (Å²) >= 11 is 0. The molecule has 480 valence electrons. The fourth-order valence-electron chi connectivity index (χ4n) is 11.9. The lowest BCUT2D eigenvalue weighted by atomic mass is 10.0. The normalized spacial score (nSPS) is 17.2. The van der Waals surface area contributed by atoms with E-state index in [4.69, 9.17) is 14.2 Å². The Morgan fingerprint density at radius 1 is 0.600 bits per heavy atom. The van der Waals surface area contributed by atoms with Crippen LogP contribution in [0, 0.1) is 25.5 Å². The Bertz CT molecular complexity index is 3960. The molecular weight excluding hydrogens is 1200 g/mol. The Kier molecular flexibility index (Phi) is 19.4. The van der Waals surface area contributed by atoms with Gasteiger partial charge in [-0.25, -0.2) is 37.1 Å². The van der Waals surface area contributed by atoms with Crippen molar-refractivity contribution >= 4 is 35.1 Å². The van der Waals surface area contributed by atoms with Crippen LogP contribution in [0.25, 0.3) is 11.4 Å². The highest BCUT2D eigenvalue weighted by molar-refractivity contribution is 5.99. The van der Waals surface area contributed by atoms with Gasteiger partial charge in [-0.15, -0.1) is 0 Å². The number of alkyl halides is 6. The molecule has 4 aromatic carbocycles. The average molecular weight is 1270 g/mol. The van der Waals surface area contributed by atoms with Gasteiger partial charge in [-0.3, -0.25) is 19.2 Å². The number of benzene rings is 4. The van der Waals surface area contributed by atoms with Gasteiger partial charge in [0.2, 0.25) is 0 Å². The number of anilines is 2. The van der Waals surface area contributed by atoms with Crippen LogP contribution in [-0.4, -0.2) is 130 Å². The van der Waals surface area contributed by atoms with E-state index in [9.17, 15) is 69.8 Å². The predicted molar refractivity (Wildman–Crippen MR) is 311 cm³/mol. The maximum atomic E-state index is 15.4. The van der Waals surface area contributed by atoms with Crippen molar-refractivity contribution in [3.8, 4) is 11.4 Å². The molecule has 90 heavy (non-hydrogen) atoms. The van der Waals surface area contributed by atoms with Gasteiger partial charge in [0.15, 0.2) is 0 Å². The van der Waals surface area contributed by atoms with Crippen molar-refractivity contribution in [2.24, 2.45) is 14.1 Å². The number of aliphatic carboxylic acids is 1. The van der Waals surface area contributed by atoms with Gasteiger partial charge in [0.05, 0.1) is 55.5 Å². The second-order valence-corrected chi connectivity index (χ2v) is 22.3. The lowest BCUT2D eigenvalue weighted by Crippen LogP contribution is -2.53. The van der Waals surface area contributed by atoms with Crippen LogP contribution < -0.4 is 42.9 Å². The molecule has 10 rings (SSSR count). The molecule has 2 fully saturated rings. The summed E-state index contributed by atoms with van der Waals surface area (Å²) in [6.07, 6.45) is -5.46. The third-order valence-electron chi connectivity index (χ3n) is 16.5. The monoisotopic (exact) mass is 1260 g/mol. The molecule has 0 spiro atoms. The highest BCUT2D eigenvalue weighted by Crippen LogP contribution is 2.35. The molecule has 0 saturated carbocycles. The van der Waals surface area contributed by atoms with E-state index in [0.717, 1.165) is 55.3 Å². The van der Waals surface area contributed by atoms with Gasteiger partial charge < -0.3 is 48.9 Å². The number of nitrogens with one attached hydrogen (secondary N) is 2. The number of amides is 2. The summed E-state index contributed by atoms with van der Waals surface area (Å²) in [6, 6.07) is 9.94. The van der Waals surface area contributed by atoms with Gasteiger partial charge in [-0.05, 0) is 130 Å². The van der Waals surface area contributed by atoms with E-state index >= 15 is 8.78 Å². The van der Waals surface area contributed by atoms with Crippen LogP contribution in [0.4, 0.5) is 46.5 Å². The minimum Gasteiger partial charge on any atom is -0.480 e. The number of hydrogen-bond donors (Lipinski definition) is 3. The molecule has 4 aliphatic rings. The van der Waals surface area contributed by atoms with Gasteiger partial charge in [0.1, 0.15) is 35.8 Å². The number of carboxylic acids is 1. The number of carbonyl (C=O) groups excluding carboxylic acids is 3. The van der Waals surface area contributed by atoms with Gasteiger partial charge in [-0.1, -0.05) is 24.3 Å². The van der Waals surface area contributed by atoms with E-state index in [1.165, 1.54) is 59.4 Å². The quantitative estimate of drug-likeness (QED) is 0.0814. The van der Waals surface area contributed by atoms with Crippen LogP contribution in [-0.2, 0) is 76.4 Å². The Balaban J connectivity index is 0.000000214. The van der Waals surface area contributed by atoms with Crippen molar-refractivity contribution < 1.29 is 73.6 Å². The zero-order chi connectivity index (χ0) is 65.3. The zero-order valence-electron chi connectivity index (χ0n) is 49.5. The molecule has 0 unspecified atom stereocenters. The summed E-state index contributed by atoms with van der Waals surface area (Å²) in [5, 5.41) is 14.6. The second-order valence-electron chi connectivity index (χ2n) is 22.3. The van der Waals surface area contributed by atoms with Crippen molar-refractivity contribution in [1.29, 1.82) is 0 Å². The number of fused-ring (bicyclic) bond motifs is 2. The van der Waals surface area contributed by atoms with Crippen LogP contribution in [0.2, 0.25) is 0 Å². The number of hydrogen-bond acceptors (Lipinski definition) is 13. The zero-order valence-corrected chi connectivity index (χ0v) is 49.5. The molecule has 0 bridgehead atoms. The number of ether oxygens (including phenoxy) is 3. The van der Waals surface area contributed by atoms with Gasteiger partial charge in [0.25, 0.3) is 22.9 Å². The third-order valence-corrected chi connectivity index (χ3v) is 16.5. The topological polar surface area (TPSA) is 235 Å². The largest absolute Gasteiger partial charge is 0.480 e. The highest BCUT2D eigenvalue weighted by Gasteiger charge is 2.47. The van der Waals surface area contributed by atoms with E-state index in [2.05, 4.69) is 10.6 Å². The Morgan fingerprint density at radius 3 is 1.36 bits per heavy atom. The molecule has 6 aromatic rings. The number of carbonyl (C=O) groups is 4. The molecule has 2 saturated heterocycles. The summed E-state index contributed by atoms with van der Waals surface area (Å²) in [4.78, 5) is 105. The smallest absolute Gasteiger partial charge is 0.411 e. The molecule has 4 atom stereocenters. The van der Waals surface area contributed by atoms with E-state index in [0.29, 0.717) is 59.3 Å². The van der Waals surface area contributed by atoms with Crippen molar-refractivity contribution in [3.63, 3.8) is 0 Å². The maximum absolute atomic E-state index is 15.4. The SMILES string of the molecule is CCOC(=O)[C@H](Cc1ccc(-n2c(=O)c3c(n(C)c2=O)CCC3)cc1)NC(=O)c1c(C)cc(N2CCOC[C@@H]2C(F)(F)F)cc1F.Cc1cc(N2CCOC[C@@H]2C(F)(F)F)cc(F)c1C(=O)N[C@@H](Cc1ccc(-n2c(=O)c3c(n(C)c2=O)CCC3)cc1)C(=O)O. The fraction of sp³-hybridized carbons (Fsp3) is 0.419. The minimum atomic E-state index is -4.62. The van der Waals surface area contributed by atoms with Crippen molar-refractivity contribution in [2.45, 2.75) is 109 Å². The van der Waals surface area contributed by atoms with E-state index < -0.39 is 113 Å². The maximum Gasteiger partial charge on any atom is 0.411 e. The Morgan fingerprint density at radius 2 is 0.989 bits per heavy atom. The summed E-state index contributed by atoms with van der Waals surface area (Å²) in [7, 11) is 3.24. The Hall–Kier alpha value is -8.92. The van der Waals surface area contributed by atoms with E-state index in [-0.39, 0.29) is 73.8 Å². The number of rotatable bonds is 15. The number of aryl methyl sites for hydroxylation is 2. The summed E-state index contributed by atoms with van der Waals surface area (Å²) < 4.78 is 132. The lowest BCUT2D eigenvalue weighted by Gasteiger charge is -2.38. The summed E-state index contributed by atoms with van der Waals surface area (Å²) in [6.45, 7) is 2.91. The summed E-state index contributed by atoms with van der Waals surface area (Å²) in [5.41, 5.74) is 1.65. The first-order valence-corrected chi connectivity index (χ1v) is 28.9. The standard InChI is InChI=1S/C32H34F4N4O6.C30H30F4N4O6/c1-4-46-30(43)24(15-19-8-10-20(11-9-19)40-29(42)22-6-5-7-25(22)38(3)31(40)44)37-28(41)27-18(2)14-21(16-23(27)33)39-12-13-45-17-26(39)32(34,35)36;1-16-12-19(37-10-11-44-15-24(37)30(32,33)34)14-21(31)25(16)26(39)35-22(28(41)42)13-17-6-8-18(9-7-17)38-27(40)20-4-3-5-23(20)36(2)29(38)43/h8-11,14,16,24,26H,4-7,12-13,15,17H2,1-3H3,(H,37,41);6-9,12,14,22,24H,3-5,10-11,13,15H2,1-2H3,(H,35,39)(H,41,42)/t24-,26+;22-,24+/m00/s1. The van der Waals surface area contributed by atoms with Crippen LogP contribution in [0.3, 0.4) is 0 Å². The minimum absolute atomic E-state index is 0.0106. The van der Waals surface area contributed by atoms with Crippen molar-refractivity contribution in [3.05, 3.63) is 182 Å². The van der Waals surface area contributed by atoms with Crippen LogP contribution in [0.1, 0.15) is 85.2 Å². The molecular formula is C62H64F8N8O12. The number of morpholine rings is 2. The predicted octanol–water partition coefficient (Wildman–Crippen LogP) is 5.81. The van der Waals surface area contributed by atoms with Gasteiger partial charge in [0, 0.05) is 73.9 Å². The number of nitrogens with zero attached hydrogens (tertiary/aromatic N) is 6. The van der Waals surface area contributed by atoms with Crippen molar-refractivity contribution in [2.75, 3.05) is 55.9 Å². The van der Waals surface area contributed by atoms with Crippen LogP contribution in [0.5, 0.6) is 0 Å². The van der Waals surface area contributed by atoms with Crippen LogP contribution >= 0.6 is 0 Å². The number of carboxylic acid groups (broad SMARTS) is 1. The molecule has 3 N–H and O–H groups in total. The van der Waals surface area contributed by atoms with E-state index in [1.807, 2.05) is 0 Å². The number of halogens is 8. The first kappa shape index (κ1) is 65.5. The van der Waals surface area contributed by atoms with Crippen LogP contribution in [0.15, 0.2) is 92.0 Å². The fourth-order valence-corrected chi connectivity index (χ4v) is 11.9. The lowest BCUT2D eigenvalue weighted by molar-refractivity contribution is -0.167. The molecule has 20 nitrogen and oxygen atoms in total. The molecule has 2 amide bonds. The Labute approximate surface area is 508 Å². The first-order valence-electron chi connectivity index (χ1n) is 28.9. The van der Waals surface area contributed by atoms with Crippen molar-refractivity contribution in [1.82, 2.24) is 28.9 Å². The second kappa shape index (κ2) is 26.7. The van der Waals surface area contributed by atoms with Gasteiger partial charge in [-0.2, -0.15) is 26.3 Å². The molecule has 2 aliphatic heterocycles. The summed E-state index contributed by atoms with van der Waals surface area (Å²) in [5.74, 6) is -6.31. The van der Waals surface area contributed by atoms with Gasteiger partial charge >= 0.3 is 35.7 Å². The highest BCUT2D eigenvalue weighted by atomic mass is 19.4. The molecule has 28 heteroatoms. The van der Waals surface area contributed by atoms with E-state index in [1.54, 1.807) is 45.3 Å². The molecule has 2 aliphatic carbocycles. The third kappa shape index (κ3) is 13.6. The molecule has 2 aromatic heterocycles. The number of esters is 1. The first-order chi connectivity index (χ1) is 42.6.